The Morgan fingerprint density at radius 3 is 2.81 bits per heavy atom. The largest absolute Gasteiger partial charge is 0.364 e. The van der Waals surface area contributed by atoms with Gasteiger partial charge in [-0.2, -0.15) is 15.1 Å². The van der Waals surface area contributed by atoms with Crippen molar-refractivity contribution in [2.24, 2.45) is 0 Å². The summed E-state index contributed by atoms with van der Waals surface area (Å²) in [5.74, 6) is 1.41. The third kappa shape index (κ3) is 2.82. The molecule has 6 nitrogen and oxygen atoms in total. The maximum atomic E-state index is 4.52. The molecule has 0 aliphatic heterocycles. The van der Waals surface area contributed by atoms with E-state index in [0.29, 0.717) is 5.95 Å². The molecule has 0 fully saturated rings. The van der Waals surface area contributed by atoms with Gasteiger partial charge in [0, 0.05) is 16.3 Å². The fourth-order valence-electron chi connectivity index (χ4n) is 2.11. The van der Waals surface area contributed by atoms with E-state index in [1.807, 2.05) is 18.3 Å². The zero-order valence-electron chi connectivity index (χ0n) is 12.3. The van der Waals surface area contributed by atoms with E-state index in [9.17, 15) is 0 Å². The van der Waals surface area contributed by atoms with Crippen molar-refractivity contribution < 1.29 is 0 Å². The van der Waals surface area contributed by atoms with Crippen molar-refractivity contribution in [1.82, 2.24) is 20.2 Å². The number of nitrogens with zero attached hydrogens (tertiary/aromatic N) is 3. The van der Waals surface area contributed by atoms with Crippen LogP contribution >= 0.6 is 11.3 Å². The van der Waals surface area contributed by atoms with E-state index >= 15 is 0 Å². The van der Waals surface area contributed by atoms with Gasteiger partial charge in [-0.1, -0.05) is 0 Å². The van der Waals surface area contributed by atoms with Crippen molar-refractivity contribution in [3.63, 3.8) is 0 Å². The molecule has 3 N–H and O–H groups in total. The van der Waals surface area contributed by atoms with Crippen LogP contribution in [0.5, 0.6) is 0 Å². The number of rotatable bonds is 5. The summed E-state index contributed by atoms with van der Waals surface area (Å²) in [6.45, 7) is 7.83. The van der Waals surface area contributed by atoms with Gasteiger partial charge in [-0.15, -0.1) is 11.3 Å². The first-order valence-corrected chi connectivity index (χ1v) is 7.73. The van der Waals surface area contributed by atoms with Gasteiger partial charge in [-0.25, -0.2) is 0 Å². The molecule has 0 radical (unpaired) electrons. The Balaban J connectivity index is 1.86. The standard InChI is InChI=1S/C14H18N6S/c1-4-15-14-18-12(11-7-17-20-13(11)19-14)16-6-10-5-8(2)9(3)21-10/h5,7H,4,6H2,1-3H3,(H3,15,16,17,18,19,20). The number of hydrogen-bond donors (Lipinski definition) is 3. The van der Waals surface area contributed by atoms with E-state index in [4.69, 9.17) is 0 Å². The Labute approximate surface area is 127 Å². The van der Waals surface area contributed by atoms with Crippen molar-refractivity contribution in [2.75, 3.05) is 17.2 Å². The molecular weight excluding hydrogens is 284 g/mol. The number of aryl methyl sites for hydroxylation is 2. The number of aromatic amines is 1. The topological polar surface area (TPSA) is 78.5 Å². The number of nitrogens with one attached hydrogen (secondary N) is 3. The van der Waals surface area contributed by atoms with Crippen molar-refractivity contribution in [1.29, 1.82) is 0 Å². The molecule has 0 unspecified atom stereocenters. The molecule has 0 atom stereocenters. The molecule has 0 saturated carbocycles. The van der Waals surface area contributed by atoms with Crippen LogP contribution in [-0.4, -0.2) is 26.7 Å². The van der Waals surface area contributed by atoms with Gasteiger partial charge in [0.05, 0.1) is 18.1 Å². The lowest BCUT2D eigenvalue weighted by Gasteiger charge is -2.08. The Morgan fingerprint density at radius 2 is 2.10 bits per heavy atom. The van der Waals surface area contributed by atoms with Crippen LogP contribution in [0.4, 0.5) is 11.8 Å². The van der Waals surface area contributed by atoms with Gasteiger partial charge in [-0.3, -0.25) is 5.10 Å². The first kappa shape index (κ1) is 13.8. The predicted molar refractivity (Wildman–Crippen MR) is 87.0 cm³/mol. The van der Waals surface area contributed by atoms with Gasteiger partial charge < -0.3 is 10.6 Å². The molecule has 0 aromatic carbocycles. The van der Waals surface area contributed by atoms with Gasteiger partial charge in [0.15, 0.2) is 5.65 Å². The molecule has 0 bridgehead atoms. The predicted octanol–water partition coefficient (Wildman–Crippen LogP) is 3.08. The van der Waals surface area contributed by atoms with Crippen molar-refractivity contribution in [3.05, 3.63) is 27.6 Å². The highest BCUT2D eigenvalue weighted by Crippen LogP contribution is 2.24. The molecule has 3 aromatic heterocycles. The van der Waals surface area contributed by atoms with Gasteiger partial charge in [0.2, 0.25) is 5.95 Å². The number of hydrogen-bond acceptors (Lipinski definition) is 6. The van der Waals surface area contributed by atoms with Crippen molar-refractivity contribution in [2.45, 2.75) is 27.3 Å². The first-order chi connectivity index (χ1) is 10.2. The third-order valence-electron chi connectivity index (χ3n) is 3.29. The Morgan fingerprint density at radius 1 is 1.24 bits per heavy atom. The fraction of sp³-hybridized carbons (Fsp3) is 0.357. The Hall–Kier alpha value is -2.15. The summed E-state index contributed by atoms with van der Waals surface area (Å²) in [5, 5.41) is 14.4. The highest BCUT2D eigenvalue weighted by molar-refractivity contribution is 7.12. The van der Waals surface area contributed by atoms with Crippen LogP contribution in [0.1, 0.15) is 22.2 Å². The van der Waals surface area contributed by atoms with Crippen LogP contribution < -0.4 is 10.6 Å². The van der Waals surface area contributed by atoms with Gasteiger partial charge >= 0.3 is 0 Å². The molecule has 21 heavy (non-hydrogen) atoms. The van der Waals surface area contributed by atoms with E-state index in [2.05, 4.69) is 50.7 Å². The summed E-state index contributed by atoms with van der Waals surface area (Å²) in [7, 11) is 0. The molecule has 3 rings (SSSR count). The fourth-order valence-corrected chi connectivity index (χ4v) is 3.11. The van der Waals surface area contributed by atoms with E-state index in [1.54, 1.807) is 6.20 Å². The summed E-state index contributed by atoms with van der Waals surface area (Å²) < 4.78 is 0. The molecule has 7 heteroatoms. The van der Waals surface area contributed by atoms with E-state index in [0.717, 1.165) is 29.9 Å². The lowest BCUT2D eigenvalue weighted by molar-refractivity contribution is 1.06. The minimum Gasteiger partial charge on any atom is -0.364 e. The van der Waals surface area contributed by atoms with E-state index < -0.39 is 0 Å². The zero-order chi connectivity index (χ0) is 14.8. The second kappa shape index (κ2) is 5.69. The van der Waals surface area contributed by atoms with Gasteiger partial charge in [-0.05, 0) is 32.4 Å². The van der Waals surface area contributed by atoms with Crippen molar-refractivity contribution >= 4 is 34.1 Å². The summed E-state index contributed by atoms with van der Waals surface area (Å²) in [6, 6.07) is 2.21. The molecule has 0 saturated heterocycles. The van der Waals surface area contributed by atoms with E-state index in [1.165, 1.54) is 15.3 Å². The first-order valence-electron chi connectivity index (χ1n) is 6.92. The minimum absolute atomic E-state index is 0.607. The molecule has 0 aliphatic carbocycles. The second-order valence-corrected chi connectivity index (χ2v) is 6.20. The normalized spacial score (nSPS) is 11.0. The molecule has 0 amide bonds. The maximum Gasteiger partial charge on any atom is 0.226 e. The van der Waals surface area contributed by atoms with Crippen LogP contribution in [0.25, 0.3) is 11.0 Å². The number of fused-ring (bicyclic) bond motifs is 1. The van der Waals surface area contributed by atoms with Crippen LogP contribution in [0, 0.1) is 13.8 Å². The average Bonchev–Trinajstić information content (AvgIpc) is 3.04. The molecular formula is C14H18N6S. The second-order valence-electron chi connectivity index (χ2n) is 4.86. The summed E-state index contributed by atoms with van der Waals surface area (Å²) in [5.41, 5.74) is 2.07. The van der Waals surface area contributed by atoms with Crippen LogP contribution in [0.15, 0.2) is 12.3 Å². The minimum atomic E-state index is 0.607. The number of anilines is 2. The molecule has 110 valence electrons. The summed E-state index contributed by atoms with van der Waals surface area (Å²) >= 11 is 1.81. The van der Waals surface area contributed by atoms with Crippen LogP contribution in [0.2, 0.25) is 0 Å². The monoisotopic (exact) mass is 302 g/mol. The smallest absolute Gasteiger partial charge is 0.226 e. The lowest BCUT2D eigenvalue weighted by Crippen LogP contribution is -2.06. The SMILES string of the molecule is CCNc1nc(NCc2cc(C)c(C)s2)c2cn[nH]c2n1. The number of aromatic nitrogens is 4. The molecule has 0 spiro atoms. The molecule has 3 heterocycles. The van der Waals surface area contributed by atoms with Gasteiger partial charge in [0.1, 0.15) is 5.82 Å². The van der Waals surface area contributed by atoms with E-state index in [-0.39, 0.29) is 0 Å². The maximum absolute atomic E-state index is 4.52. The molecule has 0 aliphatic rings. The highest BCUT2D eigenvalue weighted by Gasteiger charge is 2.09. The number of H-pyrrole nitrogens is 1. The quantitative estimate of drug-likeness (QED) is 0.675. The lowest BCUT2D eigenvalue weighted by atomic mass is 10.3. The third-order valence-corrected chi connectivity index (χ3v) is 4.44. The number of thiophene rings is 1. The zero-order valence-corrected chi connectivity index (χ0v) is 13.1. The summed E-state index contributed by atoms with van der Waals surface area (Å²) in [6.07, 6.45) is 1.75. The van der Waals surface area contributed by atoms with Crippen LogP contribution in [-0.2, 0) is 6.54 Å². The van der Waals surface area contributed by atoms with Gasteiger partial charge in [0.25, 0.3) is 0 Å². The summed E-state index contributed by atoms with van der Waals surface area (Å²) in [4.78, 5) is 11.6. The van der Waals surface area contributed by atoms with Crippen LogP contribution in [0.3, 0.4) is 0 Å². The molecule has 3 aromatic rings. The average molecular weight is 302 g/mol. The Bertz CT molecular complexity index is 741. The Kier molecular flexibility index (Phi) is 3.74. The van der Waals surface area contributed by atoms with Crippen molar-refractivity contribution in [3.8, 4) is 0 Å². The highest BCUT2D eigenvalue weighted by atomic mass is 32.1.